The van der Waals surface area contributed by atoms with Gasteiger partial charge in [-0.2, -0.15) is 0 Å². The molecule has 1 N–H and O–H groups in total. The van der Waals surface area contributed by atoms with E-state index in [1.165, 1.54) is 4.90 Å². The van der Waals surface area contributed by atoms with Gasteiger partial charge >= 0.3 is 0 Å². The van der Waals surface area contributed by atoms with Crippen molar-refractivity contribution < 1.29 is 14.3 Å². The van der Waals surface area contributed by atoms with Crippen molar-refractivity contribution in [1.29, 1.82) is 0 Å². The van der Waals surface area contributed by atoms with Gasteiger partial charge < -0.3 is 10.1 Å². The predicted octanol–water partition coefficient (Wildman–Crippen LogP) is 2.12. The molecule has 5 heteroatoms. The van der Waals surface area contributed by atoms with Crippen LogP contribution in [0.25, 0.3) is 0 Å². The second-order valence-electron chi connectivity index (χ2n) is 5.39. The fourth-order valence-electron chi connectivity index (χ4n) is 2.63. The van der Waals surface area contributed by atoms with Gasteiger partial charge in [-0.05, 0) is 29.8 Å². The fraction of sp³-hybridized carbons (Fsp3) is 0.222. The number of benzene rings is 2. The van der Waals surface area contributed by atoms with Gasteiger partial charge in [-0.3, -0.25) is 9.59 Å². The molecular weight excluding hydrogens is 292 g/mol. The summed E-state index contributed by atoms with van der Waals surface area (Å²) in [6.07, 6.45) is 0.178. The first kappa shape index (κ1) is 15.2. The third kappa shape index (κ3) is 3.24. The lowest BCUT2D eigenvalue weighted by atomic mass is 10.2. The zero-order chi connectivity index (χ0) is 16.2. The molecule has 0 radical (unpaired) electrons. The minimum atomic E-state index is -0.482. The van der Waals surface area contributed by atoms with Crippen LogP contribution < -0.4 is 15.0 Å². The standard InChI is InChI=1S/C18H18N2O3/c1-23-15-9-7-14(8-10-15)20-17(21)11-16(18(20)22)19-12-13-5-3-2-4-6-13/h2-10,16,19H,11-12H2,1H3. The molecule has 1 saturated heterocycles. The monoisotopic (exact) mass is 310 g/mol. The highest BCUT2D eigenvalue weighted by molar-refractivity contribution is 6.22. The number of anilines is 1. The number of methoxy groups -OCH3 is 1. The van der Waals surface area contributed by atoms with Crippen molar-refractivity contribution in [1.82, 2.24) is 5.32 Å². The molecule has 1 heterocycles. The van der Waals surface area contributed by atoms with Crippen molar-refractivity contribution in [2.45, 2.75) is 19.0 Å². The van der Waals surface area contributed by atoms with Crippen LogP contribution in [0.2, 0.25) is 0 Å². The van der Waals surface area contributed by atoms with E-state index in [2.05, 4.69) is 5.32 Å². The topological polar surface area (TPSA) is 58.6 Å². The molecule has 1 aliphatic heterocycles. The molecule has 1 fully saturated rings. The Balaban J connectivity index is 1.69. The maximum absolute atomic E-state index is 12.5. The van der Waals surface area contributed by atoms with Gasteiger partial charge in [0.2, 0.25) is 5.91 Å². The van der Waals surface area contributed by atoms with Crippen LogP contribution in [-0.2, 0) is 16.1 Å². The normalized spacial score (nSPS) is 17.6. The Bertz CT molecular complexity index is 698. The summed E-state index contributed by atoms with van der Waals surface area (Å²) in [6, 6.07) is 16.2. The van der Waals surface area contributed by atoms with Gasteiger partial charge in [0.05, 0.1) is 25.3 Å². The number of rotatable bonds is 5. The van der Waals surface area contributed by atoms with E-state index in [0.717, 1.165) is 5.56 Å². The molecule has 0 saturated carbocycles. The van der Waals surface area contributed by atoms with Crippen molar-refractivity contribution in [3.8, 4) is 5.75 Å². The molecule has 1 atom stereocenters. The molecule has 2 amide bonds. The zero-order valence-electron chi connectivity index (χ0n) is 12.9. The molecule has 0 spiro atoms. The van der Waals surface area contributed by atoms with Crippen LogP contribution in [0, 0.1) is 0 Å². The highest BCUT2D eigenvalue weighted by Crippen LogP contribution is 2.25. The summed E-state index contributed by atoms with van der Waals surface area (Å²) >= 11 is 0. The fourth-order valence-corrected chi connectivity index (χ4v) is 2.63. The summed E-state index contributed by atoms with van der Waals surface area (Å²) in [7, 11) is 1.57. The lowest BCUT2D eigenvalue weighted by Gasteiger charge is -2.16. The summed E-state index contributed by atoms with van der Waals surface area (Å²) in [4.78, 5) is 25.9. The largest absolute Gasteiger partial charge is 0.497 e. The third-order valence-corrected chi connectivity index (χ3v) is 3.87. The summed E-state index contributed by atoms with van der Waals surface area (Å²) in [6.45, 7) is 0.557. The van der Waals surface area contributed by atoms with Gasteiger partial charge in [-0.25, -0.2) is 4.90 Å². The van der Waals surface area contributed by atoms with Crippen LogP contribution in [0.1, 0.15) is 12.0 Å². The smallest absolute Gasteiger partial charge is 0.251 e. The number of carbonyl (C=O) groups excluding carboxylic acids is 2. The maximum atomic E-state index is 12.5. The number of hydrogen-bond donors (Lipinski definition) is 1. The van der Waals surface area contributed by atoms with E-state index >= 15 is 0 Å². The molecule has 1 unspecified atom stereocenters. The molecule has 2 aromatic rings. The summed E-state index contributed by atoms with van der Waals surface area (Å²) in [5.74, 6) is 0.286. The second-order valence-corrected chi connectivity index (χ2v) is 5.39. The average molecular weight is 310 g/mol. The highest BCUT2D eigenvalue weighted by atomic mass is 16.5. The van der Waals surface area contributed by atoms with Crippen molar-refractivity contribution in [3.05, 3.63) is 60.2 Å². The van der Waals surface area contributed by atoms with Crippen LogP contribution in [-0.4, -0.2) is 25.0 Å². The van der Waals surface area contributed by atoms with Crippen molar-refractivity contribution in [2.24, 2.45) is 0 Å². The summed E-state index contributed by atoms with van der Waals surface area (Å²) < 4.78 is 5.09. The average Bonchev–Trinajstić information content (AvgIpc) is 2.88. The van der Waals surface area contributed by atoms with E-state index < -0.39 is 6.04 Å². The number of imide groups is 1. The lowest BCUT2D eigenvalue weighted by molar-refractivity contribution is -0.121. The molecule has 3 rings (SSSR count). The number of nitrogens with one attached hydrogen (secondary N) is 1. The van der Waals surface area contributed by atoms with Crippen LogP contribution in [0.15, 0.2) is 54.6 Å². The van der Waals surface area contributed by atoms with Gasteiger partial charge in [0, 0.05) is 6.54 Å². The first-order valence-corrected chi connectivity index (χ1v) is 7.47. The Morgan fingerprint density at radius 1 is 1.09 bits per heavy atom. The van der Waals surface area contributed by atoms with E-state index in [1.54, 1.807) is 31.4 Å². The van der Waals surface area contributed by atoms with Gasteiger partial charge in [0.1, 0.15) is 5.75 Å². The van der Waals surface area contributed by atoms with Crippen LogP contribution in [0.4, 0.5) is 5.69 Å². The Kier molecular flexibility index (Phi) is 4.39. The van der Waals surface area contributed by atoms with Crippen molar-refractivity contribution >= 4 is 17.5 Å². The van der Waals surface area contributed by atoms with Gasteiger partial charge in [0.15, 0.2) is 0 Å². The minimum absolute atomic E-state index is 0.178. The molecule has 2 aromatic carbocycles. The Morgan fingerprint density at radius 3 is 2.43 bits per heavy atom. The Morgan fingerprint density at radius 2 is 1.78 bits per heavy atom. The number of carbonyl (C=O) groups is 2. The molecule has 0 aliphatic carbocycles. The van der Waals surface area contributed by atoms with Crippen LogP contribution in [0.5, 0.6) is 5.75 Å². The summed E-state index contributed by atoms with van der Waals surface area (Å²) in [5.41, 5.74) is 1.65. The molecule has 1 aliphatic rings. The lowest BCUT2D eigenvalue weighted by Crippen LogP contribution is -2.38. The summed E-state index contributed by atoms with van der Waals surface area (Å²) in [5, 5.41) is 3.16. The molecule has 0 bridgehead atoms. The van der Waals surface area contributed by atoms with E-state index in [1.807, 2.05) is 30.3 Å². The predicted molar refractivity (Wildman–Crippen MR) is 87.2 cm³/mol. The number of hydrogen-bond acceptors (Lipinski definition) is 4. The van der Waals surface area contributed by atoms with E-state index in [4.69, 9.17) is 4.74 Å². The first-order valence-electron chi connectivity index (χ1n) is 7.47. The molecule has 5 nitrogen and oxygen atoms in total. The van der Waals surface area contributed by atoms with E-state index in [0.29, 0.717) is 18.0 Å². The van der Waals surface area contributed by atoms with Crippen LogP contribution >= 0.6 is 0 Å². The molecular formula is C18H18N2O3. The van der Waals surface area contributed by atoms with E-state index in [-0.39, 0.29) is 18.2 Å². The second kappa shape index (κ2) is 6.62. The quantitative estimate of drug-likeness (QED) is 0.860. The number of nitrogens with zero attached hydrogens (tertiary/aromatic N) is 1. The SMILES string of the molecule is COc1ccc(N2C(=O)CC(NCc3ccccc3)C2=O)cc1. The molecule has 0 aromatic heterocycles. The van der Waals surface area contributed by atoms with Crippen LogP contribution in [0.3, 0.4) is 0 Å². The number of amides is 2. The minimum Gasteiger partial charge on any atom is -0.497 e. The van der Waals surface area contributed by atoms with Crippen molar-refractivity contribution in [2.75, 3.05) is 12.0 Å². The third-order valence-electron chi connectivity index (χ3n) is 3.87. The van der Waals surface area contributed by atoms with Crippen molar-refractivity contribution in [3.63, 3.8) is 0 Å². The van der Waals surface area contributed by atoms with Gasteiger partial charge in [0.25, 0.3) is 5.91 Å². The first-order chi connectivity index (χ1) is 11.2. The highest BCUT2D eigenvalue weighted by Gasteiger charge is 2.39. The Labute approximate surface area is 134 Å². The Hall–Kier alpha value is -2.66. The van der Waals surface area contributed by atoms with E-state index in [9.17, 15) is 9.59 Å². The van der Waals surface area contributed by atoms with Gasteiger partial charge in [-0.1, -0.05) is 30.3 Å². The zero-order valence-corrected chi connectivity index (χ0v) is 12.9. The maximum Gasteiger partial charge on any atom is 0.251 e. The number of ether oxygens (including phenoxy) is 1. The molecule has 118 valence electrons. The molecule has 23 heavy (non-hydrogen) atoms. The van der Waals surface area contributed by atoms with Gasteiger partial charge in [-0.15, -0.1) is 0 Å².